The summed E-state index contributed by atoms with van der Waals surface area (Å²) in [5.74, 6) is 0.0384. The Kier molecular flexibility index (Phi) is 8.28. The molecule has 0 bridgehead atoms. The Morgan fingerprint density at radius 3 is 2.50 bits per heavy atom. The second-order valence-corrected chi connectivity index (χ2v) is 10.6. The first-order chi connectivity index (χ1) is 14.9. The van der Waals surface area contributed by atoms with E-state index in [9.17, 15) is 30.6 Å². The lowest BCUT2D eigenvalue weighted by Gasteiger charge is -2.34. The van der Waals surface area contributed by atoms with Gasteiger partial charge in [-0.05, 0) is 70.1 Å². The van der Waals surface area contributed by atoms with Crippen LogP contribution in [0.4, 0.5) is 0 Å². The number of ether oxygens (including phenoxy) is 3. The normalized spacial score (nSPS) is 47.6. The Morgan fingerprint density at radius 2 is 1.88 bits per heavy atom. The Hall–Kier alpha value is -0.360. The summed E-state index contributed by atoms with van der Waals surface area (Å²) < 4.78 is 16.8. The minimum absolute atomic E-state index is 0.0170. The Morgan fingerprint density at radius 1 is 1.19 bits per heavy atom. The van der Waals surface area contributed by atoms with Crippen molar-refractivity contribution in [3.8, 4) is 0 Å². The van der Waals surface area contributed by atoms with Crippen molar-refractivity contribution in [1.82, 2.24) is 0 Å². The van der Waals surface area contributed by atoms with Crippen LogP contribution in [0.3, 0.4) is 0 Å². The number of aliphatic hydroxyl groups is 6. The van der Waals surface area contributed by atoms with Crippen LogP contribution in [0.5, 0.6) is 0 Å². The highest BCUT2D eigenvalue weighted by Gasteiger charge is 2.53. The molecular formula is C23H42O9. The highest BCUT2D eigenvalue weighted by Crippen LogP contribution is 2.52. The summed E-state index contributed by atoms with van der Waals surface area (Å²) in [5, 5.41) is 62.3. The molecule has 9 heteroatoms. The van der Waals surface area contributed by atoms with Gasteiger partial charge in [0.1, 0.15) is 24.4 Å². The average Bonchev–Trinajstić information content (AvgIpc) is 3.15. The van der Waals surface area contributed by atoms with Crippen molar-refractivity contribution in [1.29, 1.82) is 0 Å². The van der Waals surface area contributed by atoms with Gasteiger partial charge in [0.2, 0.25) is 0 Å². The van der Waals surface area contributed by atoms with E-state index in [1.165, 1.54) is 0 Å². The Labute approximate surface area is 190 Å². The van der Waals surface area contributed by atoms with Crippen LogP contribution < -0.4 is 0 Å². The third-order valence-electron chi connectivity index (χ3n) is 8.27. The lowest BCUT2D eigenvalue weighted by molar-refractivity contribution is -0.182. The molecule has 0 aromatic rings. The molecule has 0 unspecified atom stereocenters. The molecular weight excluding hydrogens is 420 g/mol. The number of fused-ring (bicyclic) bond motifs is 1. The van der Waals surface area contributed by atoms with Crippen LogP contribution in [0.15, 0.2) is 0 Å². The topological polar surface area (TPSA) is 149 Å². The zero-order valence-corrected chi connectivity index (χ0v) is 19.6. The van der Waals surface area contributed by atoms with Gasteiger partial charge in [0.25, 0.3) is 0 Å². The third-order valence-corrected chi connectivity index (χ3v) is 8.27. The standard InChI is InChI=1S/C23H42O9/c1-5-30-21-19(27)18(26)20(32-21)16(25)10-31-17-9-15-14(12(17)2)8-13(23(4,29)11-24)6-7-22(15,3)28/h12-21,24-29H,5-11H2,1-4H3/t12-,13-,14+,15-,16-,17-,18-,19-,20-,21-,22-,23-/m1/s1. The fourth-order valence-corrected chi connectivity index (χ4v) is 6.00. The minimum atomic E-state index is -1.28. The number of hydrogen-bond donors (Lipinski definition) is 6. The maximum atomic E-state index is 11.2. The van der Waals surface area contributed by atoms with Crippen molar-refractivity contribution in [2.75, 3.05) is 19.8 Å². The van der Waals surface area contributed by atoms with Gasteiger partial charge in [-0.1, -0.05) is 6.92 Å². The van der Waals surface area contributed by atoms with Crippen LogP contribution in [0.2, 0.25) is 0 Å². The molecule has 3 fully saturated rings. The molecule has 3 aliphatic rings. The van der Waals surface area contributed by atoms with Gasteiger partial charge in [-0.15, -0.1) is 0 Å². The molecule has 0 aromatic heterocycles. The molecule has 12 atom stereocenters. The van der Waals surface area contributed by atoms with E-state index in [0.29, 0.717) is 32.3 Å². The molecule has 9 nitrogen and oxygen atoms in total. The van der Waals surface area contributed by atoms with Gasteiger partial charge in [0, 0.05) is 6.61 Å². The minimum Gasteiger partial charge on any atom is -0.393 e. The molecule has 1 heterocycles. The van der Waals surface area contributed by atoms with E-state index < -0.39 is 41.9 Å². The Bertz CT molecular complexity index is 612. The number of hydrogen-bond acceptors (Lipinski definition) is 9. The quantitative estimate of drug-likeness (QED) is 0.288. The van der Waals surface area contributed by atoms with Gasteiger partial charge in [0.05, 0.1) is 30.5 Å². The maximum absolute atomic E-state index is 11.2. The van der Waals surface area contributed by atoms with Crippen LogP contribution in [0.25, 0.3) is 0 Å². The van der Waals surface area contributed by atoms with Crippen molar-refractivity contribution >= 4 is 0 Å². The van der Waals surface area contributed by atoms with Crippen molar-refractivity contribution in [2.45, 2.75) is 101 Å². The first kappa shape index (κ1) is 26.2. The van der Waals surface area contributed by atoms with Crippen molar-refractivity contribution in [3.63, 3.8) is 0 Å². The van der Waals surface area contributed by atoms with Crippen molar-refractivity contribution in [2.24, 2.45) is 23.7 Å². The number of rotatable bonds is 8. The molecule has 2 saturated carbocycles. The van der Waals surface area contributed by atoms with Gasteiger partial charge in [-0.25, -0.2) is 0 Å². The monoisotopic (exact) mass is 462 g/mol. The largest absolute Gasteiger partial charge is 0.393 e. The lowest BCUT2D eigenvalue weighted by atomic mass is 9.76. The van der Waals surface area contributed by atoms with Gasteiger partial charge in [0.15, 0.2) is 6.29 Å². The van der Waals surface area contributed by atoms with Crippen LogP contribution in [-0.4, -0.2) is 98.5 Å². The van der Waals surface area contributed by atoms with Crippen molar-refractivity contribution < 1.29 is 44.8 Å². The summed E-state index contributed by atoms with van der Waals surface area (Å²) in [7, 11) is 0. The van der Waals surface area contributed by atoms with E-state index in [4.69, 9.17) is 14.2 Å². The SMILES string of the molecule is CCO[C@@H]1O[C@H]([C@H](O)CO[C@@H]2C[C@@H]3[C@@H](C[C@H]([C@](C)(O)CO)CC[C@@]3(C)O)[C@H]2C)[C@H](O)[C@H]1O. The molecule has 0 radical (unpaired) electrons. The van der Waals surface area contributed by atoms with E-state index in [2.05, 4.69) is 6.92 Å². The fraction of sp³-hybridized carbons (Fsp3) is 1.00. The van der Waals surface area contributed by atoms with Crippen LogP contribution in [-0.2, 0) is 14.2 Å². The summed E-state index contributed by atoms with van der Waals surface area (Å²) in [4.78, 5) is 0. The predicted molar refractivity (Wildman–Crippen MR) is 114 cm³/mol. The second kappa shape index (κ2) is 10.1. The first-order valence-electron chi connectivity index (χ1n) is 11.9. The average molecular weight is 463 g/mol. The molecule has 188 valence electrons. The van der Waals surface area contributed by atoms with Crippen molar-refractivity contribution in [3.05, 3.63) is 0 Å². The highest BCUT2D eigenvalue weighted by atomic mass is 16.7. The zero-order valence-electron chi connectivity index (χ0n) is 19.6. The maximum Gasteiger partial charge on any atom is 0.186 e. The summed E-state index contributed by atoms with van der Waals surface area (Å²) in [6.45, 7) is 7.19. The molecule has 0 spiro atoms. The highest BCUT2D eigenvalue weighted by molar-refractivity contribution is 5.03. The van der Waals surface area contributed by atoms with E-state index >= 15 is 0 Å². The fourth-order valence-electron chi connectivity index (χ4n) is 6.00. The van der Waals surface area contributed by atoms with E-state index in [1.54, 1.807) is 13.8 Å². The molecule has 0 amide bonds. The summed E-state index contributed by atoms with van der Waals surface area (Å²) >= 11 is 0. The zero-order chi connectivity index (χ0) is 23.8. The summed E-state index contributed by atoms with van der Waals surface area (Å²) in [6, 6.07) is 0. The second-order valence-electron chi connectivity index (χ2n) is 10.6. The van der Waals surface area contributed by atoms with Gasteiger partial charge >= 0.3 is 0 Å². The van der Waals surface area contributed by atoms with Gasteiger partial charge < -0.3 is 44.8 Å². The number of aliphatic hydroxyl groups excluding tert-OH is 4. The van der Waals surface area contributed by atoms with Crippen LogP contribution in [0, 0.1) is 23.7 Å². The molecule has 1 aliphatic heterocycles. The molecule has 6 N–H and O–H groups in total. The Balaban J connectivity index is 1.63. The first-order valence-corrected chi connectivity index (χ1v) is 11.9. The van der Waals surface area contributed by atoms with Crippen LogP contribution >= 0.6 is 0 Å². The molecule has 3 rings (SSSR count). The van der Waals surface area contributed by atoms with E-state index in [-0.39, 0.29) is 43.0 Å². The predicted octanol–water partition coefficient (Wildman–Crippen LogP) is -0.218. The molecule has 1 saturated heterocycles. The molecule has 2 aliphatic carbocycles. The van der Waals surface area contributed by atoms with Gasteiger partial charge in [-0.2, -0.15) is 0 Å². The molecule has 32 heavy (non-hydrogen) atoms. The van der Waals surface area contributed by atoms with E-state index in [0.717, 1.165) is 0 Å². The summed E-state index contributed by atoms with van der Waals surface area (Å²) in [6.07, 6.45) is -3.39. The molecule has 0 aromatic carbocycles. The third kappa shape index (κ3) is 5.16. The smallest absolute Gasteiger partial charge is 0.186 e. The summed E-state index contributed by atoms with van der Waals surface area (Å²) in [5.41, 5.74) is -2.11. The van der Waals surface area contributed by atoms with Gasteiger partial charge in [-0.3, -0.25) is 0 Å². The van der Waals surface area contributed by atoms with E-state index in [1.807, 2.05) is 6.92 Å². The lowest BCUT2D eigenvalue weighted by Crippen LogP contribution is -2.42. The van der Waals surface area contributed by atoms with Crippen LogP contribution in [0.1, 0.15) is 53.4 Å².